The van der Waals surface area contributed by atoms with Gasteiger partial charge in [-0.3, -0.25) is 0 Å². The molecule has 75 valence electrons. The fraction of sp³-hybridized carbons (Fsp3) is 0.500. The molecule has 0 aliphatic carbocycles. The van der Waals surface area contributed by atoms with Crippen molar-refractivity contribution in [1.29, 1.82) is 0 Å². The van der Waals surface area contributed by atoms with Crippen LogP contribution < -0.4 is 3.32 Å². The molecule has 0 bridgehead atoms. The minimum atomic E-state index is 0.517. The van der Waals surface area contributed by atoms with Crippen LogP contribution in [-0.4, -0.2) is 0 Å². The van der Waals surface area contributed by atoms with Gasteiger partial charge in [0.2, 0.25) is 0 Å². The Morgan fingerprint density at radius 1 is 1.00 bits per heavy atom. The normalized spacial score (nSPS) is 10.9. The van der Waals surface area contributed by atoms with Crippen LogP contribution in [-0.2, 0) is 20.8 Å². The predicted molar refractivity (Wildman–Crippen MR) is 55.2 cm³/mol. The van der Waals surface area contributed by atoms with Crippen molar-refractivity contribution in [1.82, 2.24) is 0 Å². The molecule has 1 rings (SSSR count). The van der Waals surface area contributed by atoms with Gasteiger partial charge in [-0.15, -0.1) is 0 Å². The maximum absolute atomic E-state index is 5.50. The van der Waals surface area contributed by atoms with Crippen LogP contribution in [0.4, 0.5) is 0 Å². The molecule has 0 aliphatic rings. The first-order valence-corrected chi connectivity index (χ1v) is 5.68. The van der Waals surface area contributed by atoms with Gasteiger partial charge in [0.15, 0.2) is 0 Å². The van der Waals surface area contributed by atoms with Crippen molar-refractivity contribution in [2.24, 2.45) is 0 Å². The van der Waals surface area contributed by atoms with Gasteiger partial charge in [0, 0.05) is 0 Å². The van der Waals surface area contributed by atoms with Gasteiger partial charge in [-0.05, 0) is 0 Å². The number of hydrogen-bond donors (Lipinski definition) is 0. The molecule has 1 nitrogen and oxygen atoms in total. The summed E-state index contributed by atoms with van der Waals surface area (Å²) in [6, 6.07) is 6.41. The monoisotopic (exact) mass is 225 g/mol. The zero-order valence-electron chi connectivity index (χ0n) is 9.29. The third-order valence-electron chi connectivity index (χ3n) is 2.42. The Balaban J connectivity index is 3.25. The van der Waals surface area contributed by atoms with Crippen LogP contribution in [0.25, 0.3) is 0 Å². The Morgan fingerprint density at radius 2 is 1.43 bits per heavy atom. The van der Waals surface area contributed by atoms with Gasteiger partial charge in [0.05, 0.1) is 0 Å². The first kappa shape index (κ1) is 11.8. The zero-order valence-corrected chi connectivity index (χ0v) is 10.9. The summed E-state index contributed by atoms with van der Waals surface area (Å²) in [6.07, 6.45) is 0. The van der Waals surface area contributed by atoms with Gasteiger partial charge >= 0.3 is 98.7 Å². The summed E-state index contributed by atoms with van der Waals surface area (Å²) in [5.74, 6) is 2.10. The van der Waals surface area contributed by atoms with Crippen molar-refractivity contribution >= 4 is 0 Å². The van der Waals surface area contributed by atoms with E-state index in [1.54, 1.807) is 20.8 Å². The predicted octanol–water partition coefficient (Wildman–Crippen LogP) is 3.77. The van der Waals surface area contributed by atoms with E-state index in [1.165, 1.54) is 11.1 Å². The molecule has 0 N–H and O–H groups in total. The Kier molecular flexibility index (Phi) is 4.21. The van der Waals surface area contributed by atoms with Gasteiger partial charge in [0.25, 0.3) is 0 Å². The Bertz CT molecular complexity index is 279. The van der Waals surface area contributed by atoms with Crippen LogP contribution in [0.2, 0.25) is 0 Å². The van der Waals surface area contributed by atoms with Crippen molar-refractivity contribution in [3.63, 3.8) is 0 Å². The van der Waals surface area contributed by atoms with Gasteiger partial charge < -0.3 is 0 Å². The van der Waals surface area contributed by atoms with E-state index in [1.807, 2.05) is 0 Å². The number of para-hydroxylation sites is 1. The van der Waals surface area contributed by atoms with Gasteiger partial charge in [0.1, 0.15) is 0 Å². The van der Waals surface area contributed by atoms with Gasteiger partial charge in [-0.1, -0.05) is 0 Å². The van der Waals surface area contributed by atoms with Crippen LogP contribution in [0, 0.1) is 0 Å². The van der Waals surface area contributed by atoms with Crippen LogP contribution in [0.1, 0.15) is 50.7 Å². The fourth-order valence-corrected chi connectivity index (χ4v) is 1.97. The van der Waals surface area contributed by atoms with E-state index in [4.69, 9.17) is 3.32 Å². The second-order valence-corrected chi connectivity index (χ2v) is 4.50. The molecule has 14 heavy (non-hydrogen) atoms. The first-order chi connectivity index (χ1) is 6.57. The molecule has 0 atom stereocenters. The average Bonchev–Trinajstić information content (AvgIpc) is 2.16. The second-order valence-electron chi connectivity index (χ2n) is 4.18. The summed E-state index contributed by atoms with van der Waals surface area (Å²) >= 11 is 1.76. The van der Waals surface area contributed by atoms with Gasteiger partial charge in [-0.25, -0.2) is 0 Å². The summed E-state index contributed by atoms with van der Waals surface area (Å²) in [5.41, 5.74) is 2.61. The number of benzene rings is 1. The number of rotatable bonds is 3. The topological polar surface area (TPSA) is 9.23 Å². The SMILES string of the molecule is CC(C)c1cccc(C(C)C)c1[O][Ti]. The molecule has 0 spiro atoms. The molecule has 0 amide bonds. The van der Waals surface area contributed by atoms with Crippen LogP contribution >= 0.6 is 0 Å². The van der Waals surface area contributed by atoms with Crippen LogP contribution in [0.5, 0.6) is 5.75 Å². The van der Waals surface area contributed by atoms with E-state index in [0.29, 0.717) is 11.8 Å². The second kappa shape index (κ2) is 5.00. The van der Waals surface area contributed by atoms with E-state index in [2.05, 4.69) is 45.9 Å². The van der Waals surface area contributed by atoms with Crippen molar-refractivity contribution in [3.05, 3.63) is 29.3 Å². The summed E-state index contributed by atoms with van der Waals surface area (Å²) < 4.78 is 5.50. The van der Waals surface area contributed by atoms with E-state index in [0.717, 1.165) is 5.75 Å². The molecular formula is C12H17OTi. The zero-order chi connectivity index (χ0) is 10.7. The molecule has 0 unspecified atom stereocenters. The molecule has 1 aromatic carbocycles. The standard InChI is InChI=1S/C12H18O.Ti/c1-8(2)10-6-5-7-11(9(3)4)12(10)13;/h5-9,13H,1-4H3;/q;+1/p-1. The Labute approximate surface area is 98.7 Å². The molecule has 1 aromatic rings. The van der Waals surface area contributed by atoms with Crippen molar-refractivity contribution in [2.75, 3.05) is 0 Å². The third kappa shape index (κ3) is 2.40. The maximum atomic E-state index is 5.50. The molecule has 0 saturated carbocycles. The van der Waals surface area contributed by atoms with E-state index >= 15 is 0 Å². The Hall–Kier alpha value is -0.266. The average molecular weight is 225 g/mol. The Morgan fingerprint density at radius 3 is 1.71 bits per heavy atom. The quantitative estimate of drug-likeness (QED) is 0.711. The minimum absolute atomic E-state index is 0.517. The summed E-state index contributed by atoms with van der Waals surface area (Å²) in [5, 5.41) is 0. The van der Waals surface area contributed by atoms with Crippen molar-refractivity contribution in [3.8, 4) is 5.75 Å². The molecule has 0 radical (unpaired) electrons. The molecule has 0 fully saturated rings. The molecule has 2 heteroatoms. The van der Waals surface area contributed by atoms with Crippen molar-refractivity contribution < 1.29 is 24.1 Å². The third-order valence-corrected chi connectivity index (χ3v) is 2.74. The summed E-state index contributed by atoms with van der Waals surface area (Å²) in [4.78, 5) is 0. The molecule has 0 saturated heterocycles. The van der Waals surface area contributed by atoms with E-state index in [9.17, 15) is 0 Å². The molecule has 0 heterocycles. The fourth-order valence-electron chi connectivity index (χ4n) is 1.60. The van der Waals surface area contributed by atoms with Gasteiger partial charge in [-0.2, -0.15) is 0 Å². The molecular weight excluding hydrogens is 208 g/mol. The van der Waals surface area contributed by atoms with E-state index < -0.39 is 0 Å². The first-order valence-electron chi connectivity index (χ1n) is 5.04. The van der Waals surface area contributed by atoms with Crippen LogP contribution in [0.3, 0.4) is 0 Å². The summed E-state index contributed by atoms with van der Waals surface area (Å²) in [6.45, 7) is 8.79. The van der Waals surface area contributed by atoms with Crippen molar-refractivity contribution in [2.45, 2.75) is 39.5 Å². The summed E-state index contributed by atoms with van der Waals surface area (Å²) in [7, 11) is 0. The van der Waals surface area contributed by atoms with Crippen LogP contribution in [0.15, 0.2) is 18.2 Å². The molecule has 0 aliphatic heterocycles. The van der Waals surface area contributed by atoms with E-state index in [-0.39, 0.29) is 0 Å². The number of hydrogen-bond acceptors (Lipinski definition) is 1. The molecule has 0 aromatic heterocycles.